The summed E-state index contributed by atoms with van der Waals surface area (Å²) in [4.78, 5) is 38.1. The van der Waals surface area contributed by atoms with Crippen molar-refractivity contribution in [2.75, 3.05) is 11.9 Å². The molecule has 1 saturated heterocycles. The third-order valence-electron chi connectivity index (χ3n) is 4.13. The fourth-order valence-corrected chi connectivity index (χ4v) is 3.47. The monoisotopic (exact) mass is 400 g/mol. The number of halogens is 1. The van der Waals surface area contributed by atoms with Crippen LogP contribution < -0.4 is 5.32 Å². The molecular formula is C20H17ClN2O3S. The molecule has 1 N–H and O–H groups in total. The van der Waals surface area contributed by atoms with Gasteiger partial charge in [0.05, 0.1) is 4.91 Å². The minimum absolute atomic E-state index is 0.279. The summed E-state index contributed by atoms with van der Waals surface area (Å²) in [5.74, 6) is -0.900. The molecule has 0 bridgehead atoms. The lowest BCUT2D eigenvalue weighted by molar-refractivity contribution is -0.127. The van der Waals surface area contributed by atoms with Crippen LogP contribution >= 0.6 is 23.4 Å². The van der Waals surface area contributed by atoms with E-state index in [-0.39, 0.29) is 11.4 Å². The van der Waals surface area contributed by atoms with Crippen LogP contribution in [0.15, 0.2) is 47.4 Å². The first kappa shape index (κ1) is 19.2. The van der Waals surface area contributed by atoms with Crippen LogP contribution in [0.1, 0.15) is 16.7 Å². The van der Waals surface area contributed by atoms with Crippen LogP contribution in [0.25, 0.3) is 6.08 Å². The fraction of sp³-hybridized carbons (Fsp3) is 0.150. The number of thioether (sulfide) groups is 1. The number of amides is 3. The highest BCUT2D eigenvalue weighted by molar-refractivity contribution is 8.18. The highest BCUT2D eigenvalue weighted by Crippen LogP contribution is 2.32. The second-order valence-electron chi connectivity index (χ2n) is 6.17. The number of aryl methyl sites for hydroxylation is 2. The summed E-state index contributed by atoms with van der Waals surface area (Å²) in [6.45, 7) is 3.60. The summed E-state index contributed by atoms with van der Waals surface area (Å²) in [6.07, 6.45) is 1.61. The van der Waals surface area contributed by atoms with Gasteiger partial charge in [0.25, 0.3) is 11.1 Å². The van der Waals surface area contributed by atoms with Gasteiger partial charge in [0, 0.05) is 10.7 Å². The number of hydrogen-bond acceptors (Lipinski definition) is 4. The molecule has 0 spiro atoms. The van der Waals surface area contributed by atoms with Crippen LogP contribution in [0.5, 0.6) is 0 Å². The molecule has 7 heteroatoms. The molecule has 2 aromatic rings. The number of benzene rings is 2. The van der Waals surface area contributed by atoms with Gasteiger partial charge in [0.15, 0.2) is 0 Å². The molecule has 138 valence electrons. The number of imide groups is 1. The number of anilines is 1. The van der Waals surface area contributed by atoms with Gasteiger partial charge in [-0.2, -0.15) is 0 Å². The Hall–Kier alpha value is -2.57. The number of carbonyl (C=O) groups is 3. The van der Waals surface area contributed by atoms with Crippen molar-refractivity contribution in [3.8, 4) is 0 Å². The Balaban J connectivity index is 1.68. The first-order chi connectivity index (χ1) is 12.8. The van der Waals surface area contributed by atoms with Gasteiger partial charge in [-0.05, 0) is 72.6 Å². The van der Waals surface area contributed by atoms with Crippen molar-refractivity contribution in [2.24, 2.45) is 0 Å². The van der Waals surface area contributed by atoms with Crippen LogP contribution in [0.2, 0.25) is 5.02 Å². The van der Waals surface area contributed by atoms with E-state index in [4.69, 9.17) is 11.6 Å². The van der Waals surface area contributed by atoms with Gasteiger partial charge in [-0.1, -0.05) is 29.8 Å². The zero-order chi connectivity index (χ0) is 19.6. The van der Waals surface area contributed by atoms with Crippen LogP contribution in [0.3, 0.4) is 0 Å². The van der Waals surface area contributed by atoms with E-state index in [9.17, 15) is 14.4 Å². The summed E-state index contributed by atoms with van der Waals surface area (Å²) in [5, 5.41) is 2.84. The average molecular weight is 401 g/mol. The molecule has 2 aromatic carbocycles. The van der Waals surface area contributed by atoms with Crippen molar-refractivity contribution >= 4 is 52.2 Å². The zero-order valence-corrected chi connectivity index (χ0v) is 16.4. The Bertz CT molecular complexity index is 954. The smallest absolute Gasteiger partial charge is 0.294 e. The minimum Gasteiger partial charge on any atom is -0.325 e. The maximum Gasteiger partial charge on any atom is 0.294 e. The standard InChI is InChI=1S/C20H17ClN2O3S/c1-12-3-8-16(9-13(12)2)22-18(24)11-23-19(25)17(27-20(23)26)10-14-4-6-15(21)7-5-14/h3-10H,11H2,1-2H3,(H,22,24)/b17-10-. The summed E-state index contributed by atoms with van der Waals surface area (Å²) in [6, 6.07) is 12.4. The highest BCUT2D eigenvalue weighted by atomic mass is 35.5. The Labute approximate surface area is 166 Å². The van der Waals surface area contributed by atoms with E-state index in [1.807, 2.05) is 26.0 Å². The molecule has 1 aliphatic heterocycles. The van der Waals surface area contributed by atoms with E-state index in [1.165, 1.54) is 0 Å². The summed E-state index contributed by atoms with van der Waals surface area (Å²) < 4.78 is 0. The third-order valence-corrected chi connectivity index (χ3v) is 5.29. The van der Waals surface area contributed by atoms with Gasteiger partial charge in [0.1, 0.15) is 6.54 Å². The van der Waals surface area contributed by atoms with Crippen molar-refractivity contribution in [3.05, 3.63) is 69.1 Å². The molecule has 5 nitrogen and oxygen atoms in total. The summed E-state index contributed by atoms with van der Waals surface area (Å²) in [5.41, 5.74) is 3.55. The minimum atomic E-state index is -0.477. The first-order valence-corrected chi connectivity index (χ1v) is 9.41. The van der Waals surface area contributed by atoms with Gasteiger partial charge < -0.3 is 5.32 Å². The fourth-order valence-electron chi connectivity index (χ4n) is 2.51. The molecule has 0 aliphatic carbocycles. The molecular weight excluding hydrogens is 384 g/mol. The molecule has 27 heavy (non-hydrogen) atoms. The molecule has 1 heterocycles. The van der Waals surface area contributed by atoms with Crippen LogP contribution in [0, 0.1) is 13.8 Å². The molecule has 1 aliphatic rings. The molecule has 1 fully saturated rings. The molecule has 0 saturated carbocycles. The zero-order valence-electron chi connectivity index (χ0n) is 14.8. The largest absolute Gasteiger partial charge is 0.325 e. The second-order valence-corrected chi connectivity index (χ2v) is 7.60. The maximum atomic E-state index is 12.5. The van der Waals surface area contributed by atoms with Crippen molar-refractivity contribution in [1.29, 1.82) is 0 Å². The Morgan fingerprint density at radius 2 is 1.81 bits per heavy atom. The summed E-state index contributed by atoms with van der Waals surface area (Å²) in [7, 11) is 0. The SMILES string of the molecule is Cc1ccc(NC(=O)CN2C(=O)S/C(=C\c3ccc(Cl)cc3)C2=O)cc1C. The van der Waals surface area contributed by atoms with E-state index >= 15 is 0 Å². The van der Waals surface area contributed by atoms with Crippen molar-refractivity contribution in [1.82, 2.24) is 4.90 Å². The predicted molar refractivity (Wildman–Crippen MR) is 109 cm³/mol. The molecule has 3 rings (SSSR count). The van der Waals surface area contributed by atoms with Gasteiger partial charge >= 0.3 is 0 Å². The normalized spacial score (nSPS) is 15.5. The lowest BCUT2D eigenvalue weighted by Gasteiger charge is -2.13. The summed E-state index contributed by atoms with van der Waals surface area (Å²) >= 11 is 6.66. The predicted octanol–water partition coefficient (Wildman–Crippen LogP) is 4.63. The van der Waals surface area contributed by atoms with Gasteiger partial charge in [-0.25, -0.2) is 0 Å². The van der Waals surface area contributed by atoms with Gasteiger partial charge in [0.2, 0.25) is 5.91 Å². The average Bonchev–Trinajstić information content (AvgIpc) is 2.87. The van der Waals surface area contributed by atoms with Crippen molar-refractivity contribution < 1.29 is 14.4 Å². The topological polar surface area (TPSA) is 66.5 Å². The first-order valence-electron chi connectivity index (χ1n) is 8.21. The molecule has 3 amide bonds. The molecule has 0 aromatic heterocycles. The second kappa shape index (κ2) is 7.98. The van der Waals surface area contributed by atoms with E-state index < -0.39 is 17.1 Å². The lowest BCUT2D eigenvalue weighted by Crippen LogP contribution is -2.36. The maximum absolute atomic E-state index is 12.5. The van der Waals surface area contributed by atoms with Crippen LogP contribution in [0.4, 0.5) is 10.5 Å². The number of hydrogen-bond donors (Lipinski definition) is 1. The lowest BCUT2D eigenvalue weighted by atomic mass is 10.1. The van der Waals surface area contributed by atoms with Crippen LogP contribution in [-0.2, 0) is 9.59 Å². The van der Waals surface area contributed by atoms with Crippen molar-refractivity contribution in [3.63, 3.8) is 0 Å². The van der Waals surface area contributed by atoms with E-state index in [0.717, 1.165) is 33.4 Å². The number of rotatable bonds is 4. The number of carbonyl (C=O) groups excluding carboxylic acids is 3. The number of nitrogens with zero attached hydrogens (tertiary/aromatic N) is 1. The quantitative estimate of drug-likeness (QED) is 0.759. The van der Waals surface area contributed by atoms with Crippen LogP contribution in [-0.4, -0.2) is 28.5 Å². The Morgan fingerprint density at radius 3 is 2.48 bits per heavy atom. The third kappa shape index (κ3) is 4.59. The van der Waals surface area contributed by atoms with E-state index in [1.54, 1.807) is 36.4 Å². The van der Waals surface area contributed by atoms with Gasteiger partial charge in [-0.15, -0.1) is 0 Å². The number of nitrogens with one attached hydrogen (secondary N) is 1. The van der Waals surface area contributed by atoms with Crippen molar-refractivity contribution in [2.45, 2.75) is 13.8 Å². The Kier molecular flexibility index (Phi) is 5.68. The van der Waals surface area contributed by atoms with E-state index in [0.29, 0.717) is 10.7 Å². The Morgan fingerprint density at radius 1 is 1.11 bits per heavy atom. The highest BCUT2D eigenvalue weighted by Gasteiger charge is 2.36. The molecule has 0 atom stereocenters. The molecule has 0 unspecified atom stereocenters. The van der Waals surface area contributed by atoms with E-state index in [2.05, 4.69) is 5.32 Å². The van der Waals surface area contributed by atoms with Gasteiger partial charge in [-0.3, -0.25) is 19.3 Å². The molecule has 0 radical (unpaired) electrons.